The van der Waals surface area contributed by atoms with Crippen LogP contribution >= 0.6 is 0 Å². The van der Waals surface area contributed by atoms with Gasteiger partial charge in [0.1, 0.15) is 11.5 Å². The van der Waals surface area contributed by atoms with Crippen molar-refractivity contribution in [3.63, 3.8) is 0 Å². The Bertz CT molecular complexity index is 731. The molecule has 0 heterocycles. The highest BCUT2D eigenvalue weighted by Crippen LogP contribution is 2.14. The van der Waals surface area contributed by atoms with E-state index in [1.165, 1.54) is 30.3 Å². The van der Waals surface area contributed by atoms with Crippen LogP contribution in [0.5, 0.6) is 11.5 Å². The first-order valence-electron chi connectivity index (χ1n) is 7.12. The molecule has 0 bridgehead atoms. The van der Waals surface area contributed by atoms with Crippen molar-refractivity contribution in [2.75, 3.05) is 0 Å². The van der Waals surface area contributed by atoms with E-state index in [0.29, 0.717) is 11.1 Å². The predicted octanol–water partition coefficient (Wildman–Crippen LogP) is 2.35. The van der Waals surface area contributed by atoms with Gasteiger partial charge in [0.15, 0.2) is 0 Å². The summed E-state index contributed by atoms with van der Waals surface area (Å²) in [7, 11) is 0. The highest BCUT2D eigenvalue weighted by Gasteiger charge is 2.21. The number of carbonyl (C=O) groups is 2. The summed E-state index contributed by atoms with van der Waals surface area (Å²) in [6, 6.07) is 12.1. The maximum Gasteiger partial charge on any atom is 0.345 e. The van der Waals surface area contributed by atoms with Crippen LogP contribution < -0.4 is 0 Å². The number of carboxylic acid groups (broad SMARTS) is 1. The maximum atomic E-state index is 11.8. The van der Waals surface area contributed by atoms with E-state index in [9.17, 15) is 24.9 Å². The highest BCUT2D eigenvalue weighted by atomic mass is 16.6. The van der Waals surface area contributed by atoms with Crippen LogP contribution in [0, 0.1) is 0 Å². The molecule has 0 aliphatic rings. The Morgan fingerprint density at radius 1 is 0.958 bits per heavy atom. The van der Waals surface area contributed by atoms with Crippen molar-refractivity contribution in [3.05, 3.63) is 65.7 Å². The lowest BCUT2D eigenvalue weighted by molar-refractivity contribution is -0.160. The first-order valence-corrected chi connectivity index (χ1v) is 7.12. The SMILES string of the molecule is O=C(C=Cc1ccc(O)cc1)OC(Cc1ccc(O)cc1)C(=O)O. The quantitative estimate of drug-likeness (QED) is 0.555. The molecule has 1 unspecified atom stereocenters. The van der Waals surface area contributed by atoms with E-state index in [-0.39, 0.29) is 17.9 Å². The Hall–Kier alpha value is -3.28. The van der Waals surface area contributed by atoms with Gasteiger partial charge in [-0.05, 0) is 41.5 Å². The number of aliphatic carboxylic acids is 1. The molecule has 6 nitrogen and oxygen atoms in total. The van der Waals surface area contributed by atoms with Crippen LogP contribution in [-0.4, -0.2) is 33.4 Å². The second-order valence-electron chi connectivity index (χ2n) is 5.06. The van der Waals surface area contributed by atoms with E-state index in [2.05, 4.69) is 0 Å². The van der Waals surface area contributed by atoms with Crippen molar-refractivity contribution >= 4 is 18.0 Å². The normalized spacial score (nSPS) is 12.0. The molecular formula is C18H16O6. The molecular weight excluding hydrogens is 312 g/mol. The van der Waals surface area contributed by atoms with E-state index < -0.39 is 18.0 Å². The van der Waals surface area contributed by atoms with E-state index in [1.807, 2.05) is 0 Å². The summed E-state index contributed by atoms with van der Waals surface area (Å²) in [5.41, 5.74) is 1.28. The van der Waals surface area contributed by atoms with Crippen LogP contribution in [0.4, 0.5) is 0 Å². The number of rotatable bonds is 6. The zero-order valence-electron chi connectivity index (χ0n) is 12.6. The molecule has 24 heavy (non-hydrogen) atoms. The number of esters is 1. The highest BCUT2D eigenvalue weighted by molar-refractivity contribution is 5.89. The molecule has 0 saturated heterocycles. The van der Waals surface area contributed by atoms with Crippen LogP contribution in [0.2, 0.25) is 0 Å². The van der Waals surface area contributed by atoms with Gasteiger partial charge in [0.05, 0.1) is 0 Å². The standard InChI is InChI=1S/C18H16O6/c19-14-6-1-12(2-7-14)5-10-17(21)24-16(18(22)23)11-13-3-8-15(20)9-4-13/h1-10,16,19-20H,11H2,(H,22,23). The number of carboxylic acids is 1. The van der Waals surface area contributed by atoms with Gasteiger partial charge in [-0.15, -0.1) is 0 Å². The Morgan fingerprint density at radius 2 is 1.50 bits per heavy atom. The molecule has 3 N–H and O–H groups in total. The summed E-state index contributed by atoms with van der Waals surface area (Å²) in [4.78, 5) is 23.0. The van der Waals surface area contributed by atoms with Crippen LogP contribution in [0.3, 0.4) is 0 Å². The second kappa shape index (κ2) is 7.82. The third-order valence-corrected chi connectivity index (χ3v) is 3.20. The minimum Gasteiger partial charge on any atom is -0.508 e. The Morgan fingerprint density at radius 3 is 2.04 bits per heavy atom. The lowest BCUT2D eigenvalue weighted by Gasteiger charge is -2.12. The van der Waals surface area contributed by atoms with Crippen molar-refractivity contribution < 1.29 is 29.6 Å². The van der Waals surface area contributed by atoms with Gasteiger partial charge in [-0.2, -0.15) is 0 Å². The maximum absolute atomic E-state index is 11.8. The van der Waals surface area contributed by atoms with Crippen molar-refractivity contribution in [3.8, 4) is 11.5 Å². The van der Waals surface area contributed by atoms with Crippen molar-refractivity contribution in [2.45, 2.75) is 12.5 Å². The molecule has 2 aromatic rings. The van der Waals surface area contributed by atoms with Gasteiger partial charge in [-0.1, -0.05) is 24.3 Å². The fraction of sp³-hybridized carbons (Fsp3) is 0.111. The second-order valence-corrected chi connectivity index (χ2v) is 5.06. The molecule has 0 aliphatic carbocycles. The number of phenolic OH excluding ortho intramolecular Hbond substituents is 2. The average molecular weight is 328 g/mol. The zero-order chi connectivity index (χ0) is 17.5. The third kappa shape index (κ3) is 5.17. The number of carbonyl (C=O) groups excluding carboxylic acids is 1. The van der Waals surface area contributed by atoms with Gasteiger partial charge in [0, 0.05) is 12.5 Å². The van der Waals surface area contributed by atoms with E-state index >= 15 is 0 Å². The first kappa shape index (κ1) is 17.1. The Balaban J connectivity index is 1.99. The molecule has 0 saturated carbocycles. The predicted molar refractivity (Wildman–Crippen MR) is 86.5 cm³/mol. The van der Waals surface area contributed by atoms with Gasteiger partial charge in [0.25, 0.3) is 0 Å². The van der Waals surface area contributed by atoms with E-state index in [1.54, 1.807) is 24.3 Å². The fourth-order valence-corrected chi connectivity index (χ4v) is 1.95. The zero-order valence-corrected chi connectivity index (χ0v) is 12.6. The number of hydrogen-bond acceptors (Lipinski definition) is 5. The summed E-state index contributed by atoms with van der Waals surface area (Å²) in [5.74, 6) is -1.86. The van der Waals surface area contributed by atoms with Crippen LogP contribution in [0.15, 0.2) is 54.6 Å². The largest absolute Gasteiger partial charge is 0.508 e. The summed E-state index contributed by atoms with van der Waals surface area (Å²) >= 11 is 0. The molecule has 124 valence electrons. The monoisotopic (exact) mass is 328 g/mol. The average Bonchev–Trinajstić information content (AvgIpc) is 2.55. The number of benzene rings is 2. The molecule has 2 aromatic carbocycles. The number of aromatic hydroxyl groups is 2. The van der Waals surface area contributed by atoms with Crippen LogP contribution in [-0.2, 0) is 20.7 Å². The summed E-state index contributed by atoms with van der Waals surface area (Å²) in [6.07, 6.45) is 1.25. The van der Waals surface area contributed by atoms with Gasteiger partial charge in [-0.3, -0.25) is 0 Å². The van der Waals surface area contributed by atoms with Crippen LogP contribution in [0.1, 0.15) is 11.1 Å². The topological polar surface area (TPSA) is 104 Å². The Kier molecular flexibility index (Phi) is 5.57. The van der Waals surface area contributed by atoms with Gasteiger partial charge < -0.3 is 20.1 Å². The molecule has 0 aliphatic heterocycles. The molecule has 0 spiro atoms. The van der Waals surface area contributed by atoms with Gasteiger partial charge >= 0.3 is 11.9 Å². The molecule has 1 atom stereocenters. The smallest absolute Gasteiger partial charge is 0.345 e. The van der Waals surface area contributed by atoms with Crippen molar-refractivity contribution in [1.29, 1.82) is 0 Å². The number of hydrogen-bond donors (Lipinski definition) is 3. The number of ether oxygens (including phenoxy) is 1. The first-order chi connectivity index (χ1) is 11.4. The Labute approximate surface area is 138 Å². The lowest BCUT2D eigenvalue weighted by atomic mass is 10.1. The third-order valence-electron chi connectivity index (χ3n) is 3.20. The minimum absolute atomic E-state index is 0.00555. The summed E-state index contributed by atoms with van der Waals surface area (Å²) < 4.78 is 4.95. The fourth-order valence-electron chi connectivity index (χ4n) is 1.95. The molecule has 0 amide bonds. The van der Waals surface area contributed by atoms with E-state index in [0.717, 1.165) is 6.08 Å². The van der Waals surface area contributed by atoms with Crippen molar-refractivity contribution in [2.24, 2.45) is 0 Å². The number of phenols is 2. The van der Waals surface area contributed by atoms with Gasteiger partial charge in [0.2, 0.25) is 6.10 Å². The molecule has 6 heteroatoms. The minimum atomic E-state index is -1.33. The van der Waals surface area contributed by atoms with Crippen molar-refractivity contribution in [1.82, 2.24) is 0 Å². The summed E-state index contributed by atoms with van der Waals surface area (Å²) in [5, 5.41) is 27.6. The lowest BCUT2D eigenvalue weighted by Crippen LogP contribution is -2.28. The summed E-state index contributed by atoms with van der Waals surface area (Å²) in [6.45, 7) is 0. The molecule has 0 aromatic heterocycles. The molecule has 0 radical (unpaired) electrons. The molecule has 0 fully saturated rings. The van der Waals surface area contributed by atoms with E-state index in [4.69, 9.17) is 4.74 Å². The van der Waals surface area contributed by atoms with Gasteiger partial charge in [-0.25, -0.2) is 9.59 Å². The molecule has 2 rings (SSSR count). The van der Waals surface area contributed by atoms with Crippen LogP contribution in [0.25, 0.3) is 6.08 Å².